The third kappa shape index (κ3) is 3.30. The van der Waals surface area contributed by atoms with Gasteiger partial charge in [-0.1, -0.05) is 30.3 Å². The molecule has 2 aromatic carbocycles. The summed E-state index contributed by atoms with van der Waals surface area (Å²) in [6.45, 7) is 1.40. The molecule has 0 bridgehead atoms. The van der Waals surface area contributed by atoms with Gasteiger partial charge in [-0.3, -0.25) is 9.59 Å². The molecule has 0 aliphatic carbocycles. The van der Waals surface area contributed by atoms with Crippen molar-refractivity contribution < 1.29 is 19.1 Å². The quantitative estimate of drug-likeness (QED) is 0.816. The fraction of sp³-hybridized carbons (Fsp3) is 0.364. The highest BCUT2D eigenvalue weighted by Crippen LogP contribution is 2.33. The van der Waals surface area contributed by atoms with Gasteiger partial charge in [0.2, 0.25) is 11.8 Å². The van der Waals surface area contributed by atoms with E-state index in [4.69, 9.17) is 9.47 Å². The van der Waals surface area contributed by atoms with Crippen molar-refractivity contribution in [1.82, 2.24) is 9.80 Å². The smallest absolute Gasteiger partial charge is 0.242 e. The Labute approximate surface area is 164 Å². The average Bonchev–Trinajstić information content (AvgIpc) is 2.73. The molecule has 1 saturated heterocycles. The van der Waals surface area contributed by atoms with Gasteiger partial charge in [0.1, 0.15) is 0 Å². The maximum atomic E-state index is 12.9. The Balaban J connectivity index is 1.52. The zero-order chi connectivity index (χ0) is 19.7. The van der Waals surface area contributed by atoms with Crippen LogP contribution in [-0.4, -0.2) is 55.5 Å². The maximum absolute atomic E-state index is 12.9. The number of rotatable bonds is 4. The van der Waals surface area contributed by atoms with Gasteiger partial charge in [0.05, 0.1) is 33.2 Å². The Morgan fingerprint density at radius 3 is 2.68 bits per heavy atom. The zero-order valence-corrected chi connectivity index (χ0v) is 16.2. The van der Waals surface area contributed by atoms with Crippen molar-refractivity contribution >= 4 is 11.8 Å². The highest BCUT2D eigenvalue weighted by atomic mass is 16.5. The molecule has 1 unspecified atom stereocenters. The van der Waals surface area contributed by atoms with Crippen LogP contribution in [0.15, 0.2) is 42.5 Å². The van der Waals surface area contributed by atoms with Crippen molar-refractivity contribution in [3.05, 3.63) is 59.2 Å². The minimum Gasteiger partial charge on any atom is -0.493 e. The van der Waals surface area contributed by atoms with Gasteiger partial charge < -0.3 is 19.3 Å². The molecule has 0 spiro atoms. The molecule has 6 heteroatoms. The third-order valence-electron chi connectivity index (χ3n) is 5.61. The molecule has 0 radical (unpaired) electrons. The van der Waals surface area contributed by atoms with E-state index >= 15 is 0 Å². The standard InChI is InChI=1S/C22H24N2O4/c1-27-19-8-7-15(11-20(19)28-2)12-21(25)23-13-18-17-6-4-3-5-16(17)9-10-24(18)22(26)14-23/h3-8,11,18H,9-10,12-14H2,1-2H3. The number of ether oxygens (including phenoxy) is 2. The third-order valence-corrected chi connectivity index (χ3v) is 5.61. The van der Waals surface area contributed by atoms with Gasteiger partial charge in [-0.2, -0.15) is 0 Å². The molecule has 1 atom stereocenters. The number of benzene rings is 2. The van der Waals surface area contributed by atoms with Crippen molar-refractivity contribution in [2.75, 3.05) is 33.9 Å². The zero-order valence-electron chi connectivity index (χ0n) is 16.2. The number of piperazine rings is 1. The van der Waals surface area contributed by atoms with E-state index in [-0.39, 0.29) is 30.8 Å². The summed E-state index contributed by atoms with van der Waals surface area (Å²) in [6.07, 6.45) is 1.10. The van der Waals surface area contributed by atoms with Gasteiger partial charge in [0, 0.05) is 13.1 Å². The number of amides is 2. The first-order chi connectivity index (χ1) is 13.6. The molecule has 6 nitrogen and oxygen atoms in total. The Hall–Kier alpha value is -3.02. The summed E-state index contributed by atoms with van der Waals surface area (Å²) in [5.41, 5.74) is 3.26. The van der Waals surface area contributed by atoms with Crippen LogP contribution in [0.4, 0.5) is 0 Å². The van der Waals surface area contributed by atoms with E-state index < -0.39 is 0 Å². The van der Waals surface area contributed by atoms with Crippen LogP contribution in [0.5, 0.6) is 11.5 Å². The second-order valence-electron chi connectivity index (χ2n) is 7.19. The first kappa shape index (κ1) is 18.3. The normalized spacial score (nSPS) is 18.4. The van der Waals surface area contributed by atoms with Crippen LogP contribution in [0.1, 0.15) is 22.7 Å². The van der Waals surface area contributed by atoms with E-state index in [1.165, 1.54) is 5.56 Å². The number of nitrogens with zero attached hydrogens (tertiary/aromatic N) is 2. The van der Waals surface area contributed by atoms with E-state index in [0.29, 0.717) is 18.0 Å². The van der Waals surface area contributed by atoms with Crippen molar-refractivity contribution in [1.29, 1.82) is 0 Å². The molecule has 146 valence electrons. The predicted octanol–water partition coefficient (Wildman–Crippen LogP) is 2.21. The Kier molecular flexibility index (Phi) is 4.94. The van der Waals surface area contributed by atoms with E-state index in [9.17, 15) is 9.59 Å². The van der Waals surface area contributed by atoms with Crippen LogP contribution in [0, 0.1) is 0 Å². The van der Waals surface area contributed by atoms with Gasteiger partial charge in [-0.05, 0) is 35.2 Å². The molecule has 2 aromatic rings. The van der Waals surface area contributed by atoms with E-state index in [1.54, 1.807) is 25.2 Å². The highest BCUT2D eigenvalue weighted by Gasteiger charge is 2.38. The van der Waals surface area contributed by atoms with Crippen LogP contribution >= 0.6 is 0 Å². The molecule has 2 heterocycles. The molecular weight excluding hydrogens is 356 g/mol. The number of carbonyl (C=O) groups excluding carboxylic acids is 2. The topological polar surface area (TPSA) is 59.1 Å². The van der Waals surface area contributed by atoms with E-state index in [0.717, 1.165) is 24.1 Å². The summed E-state index contributed by atoms with van der Waals surface area (Å²) in [5, 5.41) is 0. The fourth-order valence-corrected chi connectivity index (χ4v) is 4.14. The van der Waals surface area contributed by atoms with Crippen molar-refractivity contribution in [3.63, 3.8) is 0 Å². The summed E-state index contributed by atoms with van der Waals surface area (Å²) >= 11 is 0. The van der Waals surface area contributed by atoms with Gasteiger partial charge >= 0.3 is 0 Å². The van der Waals surface area contributed by atoms with Gasteiger partial charge in [-0.25, -0.2) is 0 Å². The number of hydrogen-bond donors (Lipinski definition) is 0. The van der Waals surface area contributed by atoms with E-state index in [2.05, 4.69) is 12.1 Å². The second kappa shape index (κ2) is 7.54. The minimum atomic E-state index is -0.0550. The average molecular weight is 380 g/mol. The maximum Gasteiger partial charge on any atom is 0.242 e. The van der Waals surface area contributed by atoms with E-state index in [1.807, 2.05) is 29.2 Å². The summed E-state index contributed by atoms with van der Waals surface area (Å²) in [6, 6.07) is 13.6. The SMILES string of the molecule is COc1ccc(CC(=O)N2CC(=O)N3CCc4ccccc4C3C2)cc1OC. The minimum absolute atomic E-state index is 0.0198. The lowest BCUT2D eigenvalue weighted by Gasteiger charge is -2.44. The largest absolute Gasteiger partial charge is 0.493 e. The number of hydrogen-bond acceptors (Lipinski definition) is 4. The summed E-state index contributed by atoms with van der Waals surface area (Å²) in [5.74, 6) is 1.19. The second-order valence-corrected chi connectivity index (χ2v) is 7.19. The molecule has 28 heavy (non-hydrogen) atoms. The van der Waals surface area contributed by atoms with Crippen molar-refractivity contribution in [2.24, 2.45) is 0 Å². The van der Waals surface area contributed by atoms with Crippen LogP contribution in [0.3, 0.4) is 0 Å². The van der Waals surface area contributed by atoms with Crippen LogP contribution in [0.25, 0.3) is 0 Å². The number of fused-ring (bicyclic) bond motifs is 3. The Morgan fingerprint density at radius 1 is 1.11 bits per heavy atom. The molecule has 2 amide bonds. The highest BCUT2D eigenvalue weighted by molar-refractivity contribution is 5.87. The lowest BCUT2D eigenvalue weighted by atomic mass is 9.90. The molecule has 0 saturated carbocycles. The van der Waals surface area contributed by atoms with Crippen molar-refractivity contribution in [2.45, 2.75) is 18.9 Å². The summed E-state index contributed by atoms with van der Waals surface area (Å²) in [7, 11) is 3.15. The lowest BCUT2D eigenvalue weighted by molar-refractivity contribution is -0.149. The molecule has 1 fully saturated rings. The Morgan fingerprint density at radius 2 is 1.89 bits per heavy atom. The predicted molar refractivity (Wildman–Crippen MR) is 104 cm³/mol. The first-order valence-corrected chi connectivity index (χ1v) is 9.46. The molecule has 2 aliphatic heterocycles. The molecular formula is C22H24N2O4. The van der Waals surface area contributed by atoms with Crippen LogP contribution < -0.4 is 9.47 Å². The van der Waals surface area contributed by atoms with Crippen LogP contribution in [-0.2, 0) is 22.4 Å². The molecule has 0 aromatic heterocycles. The number of carbonyl (C=O) groups is 2. The van der Waals surface area contributed by atoms with Crippen molar-refractivity contribution in [3.8, 4) is 11.5 Å². The lowest BCUT2D eigenvalue weighted by Crippen LogP contribution is -2.55. The molecule has 4 rings (SSSR count). The van der Waals surface area contributed by atoms with Gasteiger partial charge in [0.25, 0.3) is 0 Å². The Bertz CT molecular complexity index is 911. The number of methoxy groups -OCH3 is 2. The molecule has 2 aliphatic rings. The van der Waals surface area contributed by atoms with Crippen LogP contribution in [0.2, 0.25) is 0 Å². The van der Waals surface area contributed by atoms with Gasteiger partial charge in [-0.15, -0.1) is 0 Å². The fourth-order valence-electron chi connectivity index (χ4n) is 4.14. The van der Waals surface area contributed by atoms with Gasteiger partial charge in [0.15, 0.2) is 11.5 Å². The first-order valence-electron chi connectivity index (χ1n) is 9.46. The summed E-state index contributed by atoms with van der Waals surface area (Å²) in [4.78, 5) is 29.2. The monoisotopic (exact) mass is 380 g/mol. The molecule has 0 N–H and O–H groups in total. The summed E-state index contributed by atoms with van der Waals surface area (Å²) < 4.78 is 10.6.